The lowest BCUT2D eigenvalue weighted by Gasteiger charge is -2.37. The van der Waals surface area contributed by atoms with Gasteiger partial charge in [0.1, 0.15) is 6.61 Å². The van der Waals surface area contributed by atoms with Gasteiger partial charge in [-0.05, 0) is 43.5 Å². The minimum Gasteiger partial charge on any atom is -0.445 e. The molecule has 134 valence electrons. The number of amides is 1. The predicted octanol–water partition coefficient (Wildman–Crippen LogP) is 3.32. The molecule has 0 aromatic heterocycles. The molecule has 0 unspecified atom stereocenters. The van der Waals surface area contributed by atoms with Crippen LogP contribution in [0.1, 0.15) is 38.7 Å². The number of benzene rings is 1. The van der Waals surface area contributed by atoms with Gasteiger partial charge in [0.2, 0.25) is 0 Å². The highest BCUT2D eigenvalue weighted by molar-refractivity contribution is 5.68. The monoisotopic (exact) mass is 335 g/mol. The lowest BCUT2D eigenvalue weighted by atomic mass is 10.0. The van der Waals surface area contributed by atoms with Gasteiger partial charge >= 0.3 is 6.09 Å². The van der Waals surface area contributed by atoms with Gasteiger partial charge in [-0.25, -0.2) is 4.79 Å². The normalized spacial score (nSPS) is 16.0. The van der Waals surface area contributed by atoms with Crippen molar-refractivity contribution in [3.8, 4) is 0 Å². The molecule has 1 fully saturated rings. The van der Waals surface area contributed by atoms with Crippen LogP contribution in [-0.2, 0) is 11.3 Å². The maximum atomic E-state index is 12.5. The number of nitrogens with zero attached hydrogens (tertiary/aromatic N) is 2. The number of carbonyl (C=O) groups is 1. The molecule has 1 heterocycles. The highest BCUT2D eigenvalue weighted by Crippen LogP contribution is 2.18. The van der Waals surface area contributed by atoms with Crippen LogP contribution in [0, 0.1) is 0 Å². The number of anilines is 1. The molecule has 0 bridgehead atoms. The average Bonchev–Trinajstić information content (AvgIpc) is 2.64. The Bertz CT molecular complexity index is 499. The summed E-state index contributed by atoms with van der Waals surface area (Å²) < 4.78 is 5.51. The molecule has 1 saturated heterocycles. The Balaban J connectivity index is 1.88. The molecule has 1 aliphatic rings. The summed E-state index contributed by atoms with van der Waals surface area (Å²) in [6, 6.07) is 7.42. The Morgan fingerprint density at radius 1 is 1.29 bits per heavy atom. The third-order valence-corrected chi connectivity index (χ3v) is 4.59. The van der Waals surface area contributed by atoms with Crippen molar-refractivity contribution in [3.05, 3.63) is 29.8 Å². The molecule has 0 spiro atoms. The molecule has 1 aliphatic heterocycles. The van der Waals surface area contributed by atoms with E-state index < -0.39 is 0 Å². The highest BCUT2D eigenvalue weighted by Gasteiger charge is 2.27. The molecule has 0 saturated carbocycles. The van der Waals surface area contributed by atoms with E-state index >= 15 is 0 Å². The fraction of sp³-hybridized carbons (Fsp3) is 0.611. The minimum absolute atomic E-state index is 0.226. The van der Waals surface area contributed by atoms with E-state index in [1.165, 1.54) is 0 Å². The molecular formula is C18H29N3O3. The lowest BCUT2D eigenvalue weighted by Crippen LogP contribution is -2.47. The van der Waals surface area contributed by atoms with Gasteiger partial charge in [-0.1, -0.05) is 26.0 Å². The maximum absolute atomic E-state index is 12.5. The van der Waals surface area contributed by atoms with E-state index in [1.807, 2.05) is 17.0 Å². The molecule has 0 radical (unpaired) electrons. The number of likely N-dealkylation sites (tertiary alicyclic amines) is 1. The zero-order valence-corrected chi connectivity index (χ0v) is 14.7. The van der Waals surface area contributed by atoms with Crippen LogP contribution in [0.4, 0.5) is 10.5 Å². The standard InChI is InChI=1S/C18H29N3O3/c1-3-11-21(17-9-12-20(4-2)13-10-17)18(22)24-14-15-5-7-16(19-23)8-6-15/h5-8,17,19,23H,3-4,9-14H2,1-2H3. The molecule has 1 aromatic carbocycles. The molecule has 1 amide bonds. The molecule has 6 nitrogen and oxygen atoms in total. The zero-order chi connectivity index (χ0) is 17.4. The molecule has 6 heteroatoms. The van der Waals surface area contributed by atoms with Crippen LogP contribution >= 0.6 is 0 Å². The predicted molar refractivity (Wildman–Crippen MR) is 94.2 cm³/mol. The number of ether oxygens (including phenoxy) is 1. The van der Waals surface area contributed by atoms with E-state index in [0.29, 0.717) is 5.69 Å². The summed E-state index contributed by atoms with van der Waals surface area (Å²) >= 11 is 0. The molecule has 24 heavy (non-hydrogen) atoms. The fourth-order valence-electron chi connectivity index (χ4n) is 3.11. The number of rotatable bonds is 7. The van der Waals surface area contributed by atoms with Crippen LogP contribution in [0.5, 0.6) is 0 Å². The first-order valence-corrected chi connectivity index (χ1v) is 8.82. The van der Waals surface area contributed by atoms with Gasteiger partial charge in [0, 0.05) is 25.7 Å². The number of carbonyl (C=O) groups excluding carboxylic acids is 1. The summed E-state index contributed by atoms with van der Waals surface area (Å²) in [7, 11) is 0. The van der Waals surface area contributed by atoms with E-state index in [9.17, 15) is 4.79 Å². The van der Waals surface area contributed by atoms with E-state index in [0.717, 1.165) is 51.0 Å². The van der Waals surface area contributed by atoms with Gasteiger partial charge in [0.05, 0.1) is 5.69 Å². The van der Waals surface area contributed by atoms with E-state index in [2.05, 4.69) is 24.2 Å². The van der Waals surface area contributed by atoms with Crippen molar-refractivity contribution >= 4 is 11.8 Å². The van der Waals surface area contributed by atoms with Crippen molar-refractivity contribution in [2.24, 2.45) is 0 Å². The zero-order valence-electron chi connectivity index (χ0n) is 14.7. The van der Waals surface area contributed by atoms with Gasteiger partial charge in [0.15, 0.2) is 0 Å². The second-order valence-electron chi connectivity index (χ2n) is 6.22. The summed E-state index contributed by atoms with van der Waals surface area (Å²) in [5, 5.41) is 8.81. The smallest absolute Gasteiger partial charge is 0.410 e. The molecule has 1 aromatic rings. The summed E-state index contributed by atoms with van der Waals surface area (Å²) in [6.07, 6.45) is 2.73. The van der Waals surface area contributed by atoms with E-state index in [-0.39, 0.29) is 18.7 Å². The third-order valence-electron chi connectivity index (χ3n) is 4.59. The average molecular weight is 335 g/mol. The number of hydrogen-bond donors (Lipinski definition) is 2. The number of piperidine rings is 1. The lowest BCUT2D eigenvalue weighted by molar-refractivity contribution is 0.0614. The molecular weight excluding hydrogens is 306 g/mol. The SMILES string of the molecule is CCCN(C(=O)OCc1ccc(NO)cc1)C1CCN(CC)CC1. The van der Waals surface area contributed by atoms with Crippen molar-refractivity contribution in [1.29, 1.82) is 0 Å². The quantitative estimate of drug-likeness (QED) is 0.748. The maximum Gasteiger partial charge on any atom is 0.410 e. The van der Waals surface area contributed by atoms with Crippen LogP contribution in [0.15, 0.2) is 24.3 Å². The minimum atomic E-state index is -0.226. The second kappa shape index (κ2) is 9.49. The van der Waals surface area contributed by atoms with Crippen molar-refractivity contribution in [2.45, 2.75) is 45.8 Å². The summed E-state index contributed by atoms with van der Waals surface area (Å²) in [4.78, 5) is 16.8. The Labute approximate surface area is 144 Å². The van der Waals surface area contributed by atoms with Crippen LogP contribution < -0.4 is 5.48 Å². The van der Waals surface area contributed by atoms with E-state index in [1.54, 1.807) is 12.1 Å². The Morgan fingerprint density at radius 3 is 2.50 bits per heavy atom. The Kier molecular flexibility index (Phi) is 7.34. The van der Waals surface area contributed by atoms with Gasteiger partial charge in [-0.2, -0.15) is 0 Å². The fourth-order valence-corrected chi connectivity index (χ4v) is 3.11. The summed E-state index contributed by atoms with van der Waals surface area (Å²) in [5.41, 5.74) is 3.60. The van der Waals surface area contributed by atoms with Gasteiger partial charge in [-0.15, -0.1) is 0 Å². The van der Waals surface area contributed by atoms with Gasteiger partial charge in [-0.3, -0.25) is 10.7 Å². The second-order valence-corrected chi connectivity index (χ2v) is 6.22. The molecule has 0 aliphatic carbocycles. The van der Waals surface area contributed by atoms with Gasteiger partial charge in [0.25, 0.3) is 0 Å². The van der Waals surface area contributed by atoms with E-state index in [4.69, 9.17) is 9.94 Å². The van der Waals surface area contributed by atoms with Crippen molar-refractivity contribution in [3.63, 3.8) is 0 Å². The largest absolute Gasteiger partial charge is 0.445 e. The van der Waals surface area contributed by atoms with Crippen molar-refractivity contribution < 1.29 is 14.7 Å². The number of hydrogen-bond acceptors (Lipinski definition) is 5. The van der Waals surface area contributed by atoms with Gasteiger partial charge < -0.3 is 14.5 Å². The van der Waals surface area contributed by atoms with Crippen LogP contribution in [0.2, 0.25) is 0 Å². The van der Waals surface area contributed by atoms with Crippen molar-refractivity contribution in [2.75, 3.05) is 31.7 Å². The number of nitrogens with one attached hydrogen (secondary N) is 1. The first-order chi connectivity index (χ1) is 11.7. The third kappa shape index (κ3) is 5.11. The molecule has 2 rings (SSSR count). The first kappa shape index (κ1) is 18.5. The van der Waals surface area contributed by atoms with Crippen LogP contribution in [0.3, 0.4) is 0 Å². The first-order valence-electron chi connectivity index (χ1n) is 8.82. The topological polar surface area (TPSA) is 65.0 Å². The molecule has 2 N–H and O–H groups in total. The summed E-state index contributed by atoms with van der Waals surface area (Å²) in [5.74, 6) is 0. The van der Waals surface area contributed by atoms with Crippen molar-refractivity contribution in [1.82, 2.24) is 9.80 Å². The Hall–Kier alpha value is -1.79. The van der Waals surface area contributed by atoms with Crippen LogP contribution in [-0.4, -0.2) is 53.3 Å². The highest BCUT2D eigenvalue weighted by atomic mass is 16.6. The summed E-state index contributed by atoms with van der Waals surface area (Å²) in [6.45, 7) is 8.41. The Morgan fingerprint density at radius 2 is 1.96 bits per heavy atom. The molecule has 0 atom stereocenters. The van der Waals surface area contributed by atoms with Crippen LogP contribution in [0.25, 0.3) is 0 Å².